The van der Waals surface area contributed by atoms with Crippen molar-refractivity contribution in [1.29, 1.82) is 0 Å². The van der Waals surface area contributed by atoms with Crippen LogP contribution in [0.1, 0.15) is 36.5 Å². The smallest absolute Gasteiger partial charge is 0.171 e. The summed E-state index contributed by atoms with van der Waals surface area (Å²) in [4.78, 5) is 12.5. The van der Waals surface area contributed by atoms with Crippen molar-refractivity contribution in [2.24, 2.45) is 5.41 Å². The maximum Gasteiger partial charge on any atom is 0.171 e. The average Bonchev–Trinajstić information content (AvgIpc) is 2.39. The number of rotatable bonds is 3. The third-order valence-corrected chi connectivity index (χ3v) is 3.52. The molecule has 2 nitrogen and oxygen atoms in total. The maximum absolute atomic E-state index is 12.5. The molecule has 1 fully saturated rings. The largest absolute Gasteiger partial charge is 0.380 e. The molecular formula is C14H18O2. The van der Waals surface area contributed by atoms with Gasteiger partial charge in [-0.1, -0.05) is 37.3 Å². The van der Waals surface area contributed by atoms with Crippen molar-refractivity contribution in [3.05, 3.63) is 35.9 Å². The zero-order chi connectivity index (χ0) is 11.4. The van der Waals surface area contributed by atoms with Crippen LogP contribution in [0.25, 0.3) is 0 Å². The monoisotopic (exact) mass is 218 g/mol. The second kappa shape index (κ2) is 4.79. The first-order valence-corrected chi connectivity index (χ1v) is 5.96. The standard InChI is InChI=1S/C14H18O2/c1-2-14(9-6-10-16-11-14)13(15)12-7-4-3-5-8-12/h3-5,7-8H,2,6,9-11H2,1H3. The second-order valence-electron chi connectivity index (χ2n) is 4.49. The van der Waals surface area contributed by atoms with Crippen molar-refractivity contribution in [2.75, 3.05) is 13.2 Å². The first-order chi connectivity index (χ1) is 7.78. The Morgan fingerprint density at radius 1 is 1.38 bits per heavy atom. The summed E-state index contributed by atoms with van der Waals surface area (Å²) in [5.74, 6) is 0.246. The lowest BCUT2D eigenvalue weighted by Crippen LogP contribution is -2.39. The molecule has 0 spiro atoms. The van der Waals surface area contributed by atoms with Gasteiger partial charge in [0.2, 0.25) is 0 Å². The molecule has 1 aromatic rings. The summed E-state index contributed by atoms with van der Waals surface area (Å²) >= 11 is 0. The number of benzene rings is 1. The number of hydrogen-bond acceptors (Lipinski definition) is 2. The van der Waals surface area contributed by atoms with Crippen molar-refractivity contribution < 1.29 is 9.53 Å². The highest BCUT2D eigenvalue weighted by Gasteiger charge is 2.38. The summed E-state index contributed by atoms with van der Waals surface area (Å²) in [6.07, 6.45) is 2.81. The van der Waals surface area contributed by atoms with Gasteiger partial charge in [0.15, 0.2) is 5.78 Å². The molecule has 0 radical (unpaired) electrons. The van der Waals surface area contributed by atoms with Gasteiger partial charge in [0.1, 0.15) is 0 Å². The summed E-state index contributed by atoms with van der Waals surface area (Å²) < 4.78 is 5.50. The lowest BCUT2D eigenvalue weighted by atomic mass is 9.74. The van der Waals surface area contributed by atoms with Crippen LogP contribution in [-0.2, 0) is 4.74 Å². The molecule has 86 valence electrons. The molecule has 2 heteroatoms. The zero-order valence-corrected chi connectivity index (χ0v) is 9.74. The van der Waals surface area contributed by atoms with Crippen LogP contribution < -0.4 is 0 Å². The predicted molar refractivity (Wildman–Crippen MR) is 63.5 cm³/mol. The van der Waals surface area contributed by atoms with Crippen LogP contribution in [0.2, 0.25) is 0 Å². The zero-order valence-electron chi connectivity index (χ0n) is 9.74. The number of Topliss-reactive ketones (excluding diaryl/α,β-unsaturated/α-hetero) is 1. The van der Waals surface area contributed by atoms with Gasteiger partial charge < -0.3 is 4.74 Å². The third-order valence-electron chi connectivity index (χ3n) is 3.52. The Balaban J connectivity index is 2.24. The molecule has 1 aliphatic rings. The predicted octanol–water partition coefficient (Wildman–Crippen LogP) is 3.08. The van der Waals surface area contributed by atoms with E-state index in [9.17, 15) is 4.79 Å². The summed E-state index contributed by atoms with van der Waals surface area (Å²) in [6, 6.07) is 9.57. The molecule has 0 N–H and O–H groups in total. The van der Waals surface area contributed by atoms with Crippen molar-refractivity contribution in [1.82, 2.24) is 0 Å². The third kappa shape index (κ3) is 2.03. The quantitative estimate of drug-likeness (QED) is 0.729. The maximum atomic E-state index is 12.5. The van der Waals surface area contributed by atoms with Gasteiger partial charge in [-0.25, -0.2) is 0 Å². The summed E-state index contributed by atoms with van der Waals surface area (Å²) in [7, 11) is 0. The number of ketones is 1. The van der Waals surface area contributed by atoms with E-state index < -0.39 is 0 Å². The molecule has 2 rings (SSSR count). The van der Waals surface area contributed by atoms with Crippen LogP contribution in [0.4, 0.5) is 0 Å². The first-order valence-electron chi connectivity index (χ1n) is 5.96. The molecule has 1 aromatic carbocycles. The molecule has 0 aliphatic carbocycles. The molecule has 0 amide bonds. The van der Waals surface area contributed by atoms with Crippen LogP contribution in [0.3, 0.4) is 0 Å². The van der Waals surface area contributed by atoms with Gasteiger partial charge in [-0.05, 0) is 19.3 Å². The minimum absolute atomic E-state index is 0.246. The molecule has 0 bridgehead atoms. The topological polar surface area (TPSA) is 26.3 Å². The van der Waals surface area contributed by atoms with E-state index in [-0.39, 0.29) is 11.2 Å². The molecular weight excluding hydrogens is 200 g/mol. The fourth-order valence-electron chi connectivity index (χ4n) is 2.37. The fourth-order valence-corrected chi connectivity index (χ4v) is 2.37. The average molecular weight is 218 g/mol. The van der Waals surface area contributed by atoms with Gasteiger partial charge in [0.25, 0.3) is 0 Å². The van der Waals surface area contributed by atoms with Gasteiger partial charge in [-0.15, -0.1) is 0 Å². The van der Waals surface area contributed by atoms with E-state index in [1.807, 2.05) is 30.3 Å². The SMILES string of the molecule is CCC1(C(=O)c2ccccc2)CCCOC1. The van der Waals surface area contributed by atoms with Gasteiger partial charge in [0.05, 0.1) is 12.0 Å². The summed E-state index contributed by atoms with van der Waals surface area (Å²) in [5.41, 5.74) is 0.537. The number of carbonyl (C=O) groups is 1. The highest BCUT2D eigenvalue weighted by Crippen LogP contribution is 2.35. The van der Waals surface area contributed by atoms with Crippen molar-refractivity contribution >= 4 is 5.78 Å². The van der Waals surface area contributed by atoms with E-state index >= 15 is 0 Å². The van der Waals surface area contributed by atoms with E-state index in [0.29, 0.717) is 6.61 Å². The lowest BCUT2D eigenvalue weighted by Gasteiger charge is -2.34. The molecule has 1 aliphatic heterocycles. The Kier molecular flexibility index (Phi) is 3.39. The van der Waals surface area contributed by atoms with Crippen LogP contribution in [-0.4, -0.2) is 19.0 Å². The van der Waals surface area contributed by atoms with Gasteiger partial charge in [-0.3, -0.25) is 4.79 Å². The van der Waals surface area contributed by atoms with E-state index in [0.717, 1.165) is 31.4 Å². The van der Waals surface area contributed by atoms with E-state index in [2.05, 4.69) is 6.92 Å². The first kappa shape index (κ1) is 11.3. The second-order valence-corrected chi connectivity index (χ2v) is 4.49. The Hall–Kier alpha value is -1.15. The summed E-state index contributed by atoms with van der Waals surface area (Å²) in [5, 5.41) is 0. The van der Waals surface area contributed by atoms with Gasteiger partial charge >= 0.3 is 0 Å². The van der Waals surface area contributed by atoms with E-state index in [4.69, 9.17) is 4.74 Å². The number of carbonyl (C=O) groups excluding carboxylic acids is 1. The Morgan fingerprint density at radius 3 is 2.69 bits per heavy atom. The lowest BCUT2D eigenvalue weighted by molar-refractivity contribution is -0.000928. The van der Waals surface area contributed by atoms with Crippen LogP contribution in [0, 0.1) is 5.41 Å². The Labute approximate surface area is 96.6 Å². The molecule has 16 heavy (non-hydrogen) atoms. The minimum atomic E-state index is -0.278. The van der Waals surface area contributed by atoms with E-state index in [1.54, 1.807) is 0 Å². The Morgan fingerprint density at radius 2 is 2.12 bits per heavy atom. The van der Waals surface area contributed by atoms with Crippen LogP contribution >= 0.6 is 0 Å². The molecule has 1 heterocycles. The summed E-state index contributed by atoms with van der Waals surface area (Å²) in [6.45, 7) is 3.45. The highest BCUT2D eigenvalue weighted by molar-refractivity contribution is 6.00. The van der Waals surface area contributed by atoms with Crippen LogP contribution in [0.15, 0.2) is 30.3 Å². The van der Waals surface area contributed by atoms with Crippen molar-refractivity contribution in [2.45, 2.75) is 26.2 Å². The van der Waals surface area contributed by atoms with Gasteiger partial charge in [0, 0.05) is 12.2 Å². The molecule has 0 saturated carbocycles. The van der Waals surface area contributed by atoms with Crippen LogP contribution in [0.5, 0.6) is 0 Å². The Bertz CT molecular complexity index is 350. The number of ether oxygens (including phenoxy) is 1. The van der Waals surface area contributed by atoms with Crippen molar-refractivity contribution in [3.8, 4) is 0 Å². The van der Waals surface area contributed by atoms with E-state index in [1.165, 1.54) is 0 Å². The minimum Gasteiger partial charge on any atom is -0.380 e. The number of hydrogen-bond donors (Lipinski definition) is 0. The highest BCUT2D eigenvalue weighted by atomic mass is 16.5. The van der Waals surface area contributed by atoms with Crippen molar-refractivity contribution in [3.63, 3.8) is 0 Å². The molecule has 0 aromatic heterocycles. The van der Waals surface area contributed by atoms with Gasteiger partial charge in [-0.2, -0.15) is 0 Å². The molecule has 1 saturated heterocycles. The molecule has 1 atom stereocenters. The molecule has 1 unspecified atom stereocenters. The fraction of sp³-hybridized carbons (Fsp3) is 0.500. The normalized spacial score (nSPS) is 25.3.